The number of rotatable bonds is 6. The molecule has 0 unspecified atom stereocenters. The molecule has 1 saturated heterocycles. The van der Waals surface area contributed by atoms with Gasteiger partial charge >= 0.3 is 0 Å². The molecule has 0 spiro atoms. The first-order chi connectivity index (χ1) is 16.8. The summed E-state index contributed by atoms with van der Waals surface area (Å²) in [6.45, 7) is 5.84. The molecule has 4 N–H and O–H groups in total. The first-order valence-corrected chi connectivity index (χ1v) is 12.9. The second-order valence-corrected chi connectivity index (χ2v) is 10.5. The number of morpholine rings is 1. The number of quaternary nitrogens is 1. The summed E-state index contributed by atoms with van der Waals surface area (Å²) < 4.78 is 34.8. The maximum atomic E-state index is 13.8. The van der Waals surface area contributed by atoms with Crippen LogP contribution in [0.3, 0.4) is 0 Å². The van der Waals surface area contributed by atoms with Crippen LogP contribution in [0.1, 0.15) is 6.92 Å². The molecular weight excluding hydrogens is 468 g/mol. The minimum atomic E-state index is -4.02. The van der Waals surface area contributed by atoms with E-state index in [0.717, 1.165) is 19.6 Å². The van der Waals surface area contributed by atoms with E-state index in [1.54, 1.807) is 22.8 Å². The predicted molar refractivity (Wildman–Crippen MR) is 132 cm³/mol. The van der Waals surface area contributed by atoms with Crippen molar-refractivity contribution < 1.29 is 22.8 Å². The van der Waals surface area contributed by atoms with E-state index in [1.165, 1.54) is 24.0 Å². The zero-order valence-corrected chi connectivity index (χ0v) is 20.1. The van der Waals surface area contributed by atoms with Crippen LogP contribution >= 0.6 is 0 Å². The Bertz CT molecular complexity index is 1510. The summed E-state index contributed by atoms with van der Waals surface area (Å²) in [5.74, 6) is -0.119. The maximum absolute atomic E-state index is 13.8. The van der Waals surface area contributed by atoms with E-state index in [1.807, 2.05) is 18.2 Å². The summed E-state index contributed by atoms with van der Waals surface area (Å²) in [5, 5.41) is 2.64. The van der Waals surface area contributed by atoms with Crippen molar-refractivity contribution in [3.8, 4) is 0 Å². The number of benzene rings is 2. The number of anilines is 2. The van der Waals surface area contributed by atoms with Crippen molar-refractivity contribution in [2.24, 2.45) is 0 Å². The zero-order valence-electron chi connectivity index (χ0n) is 19.3. The summed E-state index contributed by atoms with van der Waals surface area (Å²) in [4.78, 5) is 22.1. The van der Waals surface area contributed by atoms with Crippen molar-refractivity contribution in [2.75, 3.05) is 43.9 Å². The van der Waals surface area contributed by atoms with E-state index in [0.29, 0.717) is 42.1 Å². The molecule has 1 fully saturated rings. The van der Waals surface area contributed by atoms with Crippen LogP contribution in [0.2, 0.25) is 0 Å². The number of nitrogen functional groups attached to an aromatic ring is 1. The standard InChI is InChI=1S/C24H26N6O4S/c1-16(31)26-17-6-8-18(9-7-17)35(32,33)22-21-24(28-20-5-3-2-4-19(20)27-21)30(23(22)25)11-10-29-12-14-34-15-13-29/h2-9H,10-15,25H2,1H3,(H,26,31)/p+1. The third kappa shape index (κ3) is 4.45. The molecule has 0 aliphatic carbocycles. The molecule has 0 saturated carbocycles. The van der Waals surface area contributed by atoms with Crippen LogP contribution in [0.25, 0.3) is 22.2 Å². The average molecular weight is 496 g/mol. The lowest BCUT2D eigenvalue weighted by molar-refractivity contribution is -0.908. The number of para-hydroxylation sites is 2. The van der Waals surface area contributed by atoms with E-state index in [4.69, 9.17) is 15.5 Å². The van der Waals surface area contributed by atoms with Crippen molar-refractivity contribution in [3.05, 3.63) is 48.5 Å². The van der Waals surface area contributed by atoms with Crippen LogP contribution in [0.15, 0.2) is 58.3 Å². The van der Waals surface area contributed by atoms with Gasteiger partial charge in [-0.05, 0) is 36.4 Å². The minimum Gasteiger partial charge on any atom is -0.384 e. The molecule has 11 heteroatoms. The topological polar surface area (TPSA) is 134 Å². The fourth-order valence-corrected chi connectivity index (χ4v) is 5.91. The Morgan fingerprint density at radius 3 is 2.40 bits per heavy atom. The first kappa shape index (κ1) is 23.2. The number of hydrogen-bond donors (Lipinski definition) is 3. The van der Waals surface area contributed by atoms with Crippen LogP contribution in [0, 0.1) is 0 Å². The molecule has 10 nitrogen and oxygen atoms in total. The molecule has 3 heterocycles. The third-order valence-electron chi connectivity index (χ3n) is 6.19. The van der Waals surface area contributed by atoms with Gasteiger partial charge in [0.1, 0.15) is 29.3 Å². The van der Waals surface area contributed by atoms with E-state index < -0.39 is 9.84 Å². The highest BCUT2D eigenvalue weighted by Gasteiger charge is 2.30. The number of hydrogen-bond acceptors (Lipinski definition) is 7. The van der Waals surface area contributed by atoms with Gasteiger partial charge in [0, 0.05) is 12.6 Å². The number of carbonyl (C=O) groups excluding carboxylic acids is 1. The van der Waals surface area contributed by atoms with Gasteiger partial charge in [0.25, 0.3) is 0 Å². The van der Waals surface area contributed by atoms with Gasteiger partial charge in [-0.1, -0.05) is 12.1 Å². The molecule has 182 valence electrons. The summed E-state index contributed by atoms with van der Waals surface area (Å²) in [6.07, 6.45) is 0. The molecular formula is C24H27N6O4S+. The van der Waals surface area contributed by atoms with Gasteiger partial charge in [0.2, 0.25) is 15.7 Å². The third-order valence-corrected chi connectivity index (χ3v) is 8.02. The molecule has 0 radical (unpaired) electrons. The number of aromatic nitrogens is 3. The number of amides is 1. The number of nitrogens with two attached hydrogens (primary N) is 1. The average Bonchev–Trinajstić information content (AvgIpc) is 3.12. The van der Waals surface area contributed by atoms with Crippen LogP contribution in [0.4, 0.5) is 11.5 Å². The van der Waals surface area contributed by atoms with Gasteiger partial charge in [-0.15, -0.1) is 0 Å². The van der Waals surface area contributed by atoms with E-state index in [2.05, 4.69) is 10.3 Å². The Morgan fingerprint density at radius 1 is 1.09 bits per heavy atom. The van der Waals surface area contributed by atoms with Crippen LogP contribution < -0.4 is 16.0 Å². The van der Waals surface area contributed by atoms with Gasteiger partial charge < -0.3 is 25.3 Å². The Kier molecular flexibility index (Phi) is 6.13. The second-order valence-electron chi connectivity index (χ2n) is 8.57. The number of carbonyl (C=O) groups is 1. The Balaban J connectivity index is 1.62. The number of fused-ring (bicyclic) bond motifs is 2. The highest BCUT2D eigenvalue weighted by molar-refractivity contribution is 7.92. The molecule has 1 amide bonds. The number of nitrogens with one attached hydrogen (secondary N) is 2. The Hall–Kier alpha value is -3.54. The molecule has 35 heavy (non-hydrogen) atoms. The van der Waals surface area contributed by atoms with Crippen molar-refractivity contribution in [2.45, 2.75) is 23.3 Å². The molecule has 2 aromatic heterocycles. The summed E-state index contributed by atoms with van der Waals surface area (Å²) in [7, 11) is -4.02. The van der Waals surface area contributed by atoms with Crippen LogP contribution in [0.5, 0.6) is 0 Å². The molecule has 5 rings (SSSR count). The van der Waals surface area contributed by atoms with Gasteiger partial charge in [0.15, 0.2) is 5.65 Å². The van der Waals surface area contributed by atoms with Crippen LogP contribution in [-0.4, -0.2) is 61.7 Å². The minimum absolute atomic E-state index is 0.0463. The molecule has 0 bridgehead atoms. The normalized spacial score (nSPS) is 15.0. The quantitative estimate of drug-likeness (QED) is 0.361. The summed E-state index contributed by atoms with van der Waals surface area (Å²) in [6, 6.07) is 13.3. The highest BCUT2D eigenvalue weighted by Crippen LogP contribution is 2.35. The second kappa shape index (κ2) is 9.25. The van der Waals surface area contributed by atoms with Gasteiger partial charge in [-0.2, -0.15) is 0 Å². The molecule has 4 aromatic rings. The van der Waals surface area contributed by atoms with Crippen molar-refractivity contribution in [1.82, 2.24) is 14.5 Å². The zero-order chi connectivity index (χ0) is 24.6. The van der Waals surface area contributed by atoms with E-state index in [9.17, 15) is 13.2 Å². The maximum Gasteiger partial charge on any atom is 0.221 e. The van der Waals surface area contributed by atoms with Gasteiger partial charge in [-0.25, -0.2) is 18.4 Å². The first-order valence-electron chi connectivity index (χ1n) is 11.4. The lowest BCUT2D eigenvalue weighted by Gasteiger charge is -2.24. The Labute approximate surface area is 202 Å². The predicted octanol–water partition coefficient (Wildman–Crippen LogP) is 0.873. The molecule has 0 atom stereocenters. The molecule has 2 aromatic carbocycles. The van der Waals surface area contributed by atoms with E-state index in [-0.39, 0.29) is 27.0 Å². The van der Waals surface area contributed by atoms with Gasteiger partial charge in [-0.3, -0.25) is 4.79 Å². The lowest BCUT2D eigenvalue weighted by Crippen LogP contribution is -3.14. The van der Waals surface area contributed by atoms with Gasteiger partial charge in [0.05, 0.1) is 42.2 Å². The summed E-state index contributed by atoms with van der Waals surface area (Å²) in [5.41, 5.74) is 8.99. The number of nitrogens with zero attached hydrogens (tertiary/aromatic N) is 3. The summed E-state index contributed by atoms with van der Waals surface area (Å²) >= 11 is 0. The number of sulfone groups is 1. The smallest absolute Gasteiger partial charge is 0.221 e. The number of ether oxygens (including phenoxy) is 1. The van der Waals surface area contributed by atoms with Crippen molar-refractivity contribution in [3.63, 3.8) is 0 Å². The monoisotopic (exact) mass is 495 g/mol. The van der Waals surface area contributed by atoms with Crippen molar-refractivity contribution >= 4 is 49.4 Å². The fourth-order valence-electron chi connectivity index (χ4n) is 4.40. The van der Waals surface area contributed by atoms with Crippen LogP contribution in [-0.2, 0) is 25.9 Å². The fraction of sp³-hybridized carbons (Fsp3) is 0.292. The van der Waals surface area contributed by atoms with Crippen molar-refractivity contribution in [1.29, 1.82) is 0 Å². The van der Waals surface area contributed by atoms with E-state index >= 15 is 0 Å². The SMILES string of the molecule is CC(=O)Nc1ccc(S(=O)(=O)c2c(N)n(CC[NH+]3CCOCC3)c3nc4ccccc4nc23)cc1. The molecule has 1 aliphatic rings. The lowest BCUT2D eigenvalue weighted by atomic mass is 10.3. The molecule has 1 aliphatic heterocycles. The largest absolute Gasteiger partial charge is 0.384 e. The Morgan fingerprint density at radius 2 is 1.74 bits per heavy atom. The highest BCUT2D eigenvalue weighted by atomic mass is 32.2.